The van der Waals surface area contributed by atoms with E-state index in [0.717, 1.165) is 12.8 Å². The number of rotatable bonds is 8. The third-order valence-corrected chi connectivity index (χ3v) is 7.27. The molecule has 2 aliphatic heterocycles. The second kappa shape index (κ2) is 9.67. The monoisotopic (exact) mass is 475 g/mol. The van der Waals surface area contributed by atoms with Gasteiger partial charge < -0.3 is 25.3 Å². The number of benzene rings is 2. The summed E-state index contributed by atoms with van der Waals surface area (Å²) in [5.41, 5.74) is 5.32. The van der Waals surface area contributed by atoms with E-state index >= 15 is 0 Å². The van der Waals surface area contributed by atoms with Crippen LogP contribution >= 0.6 is 0 Å². The van der Waals surface area contributed by atoms with Gasteiger partial charge in [0.05, 0.1) is 17.0 Å². The lowest BCUT2D eigenvalue weighted by Crippen LogP contribution is -2.42. The summed E-state index contributed by atoms with van der Waals surface area (Å²) in [5.74, 6) is -0.00644. The van der Waals surface area contributed by atoms with Gasteiger partial charge in [0.1, 0.15) is 18.5 Å². The molecule has 0 aromatic heterocycles. The van der Waals surface area contributed by atoms with Crippen molar-refractivity contribution in [3.63, 3.8) is 0 Å². The van der Waals surface area contributed by atoms with Gasteiger partial charge in [0.25, 0.3) is 11.8 Å². The molecule has 0 aliphatic carbocycles. The molecule has 4 rings (SSSR count). The summed E-state index contributed by atoms with van der Waals surface area (Å²) in [6, 6.07) is 11.1. The number of nitrogens with two attached hydrogens (primary N) is 1. The number of nitrogens with zero attached hydrogens (tertiary/aromatic N) is 1. The SMILES string of the molecule is NC(=O)c1cc(S(=O)(=O)N2CCCC2)ccc1OCC(=O)NC[C@@H]1COc2ccccc2O1. The van der Waals surface area contributed by atoms with Gasteiger partial charge in [0.2, 0.25) is 10.0 Å². The number of carbonyl (C=O) groups excluding carboxylic acids is 2. The number of amides is 2. The van der Waals surface area contributed by atoms with Crippen LogP contribution in [-0.4, -0.2) is 63.5 Å². The number of hydrogen-bond donors (Lipinski definition) is 2. The molecule has 0 saturated carbocycles. The molecule has 2 heterocycles. The van der Waals surface area contributed by atoms with Crippen LogP contribution in [0.3, 0.4) is 0 Å². The first kappa shape index (κ1) is 22.9. The summed E-state index contributed by atoms with van der Waals surface area (Å²) in [6.45, 7) is 0.980. The minimum atomic E-state index is -3.72. The van der Waals surface area contributed by atoms with Gasteiger partial charge in [-0.3, -0.25) is 9.59 Å². The van der Waals surface area contributed by atoms with E-state index in [2.05, 4.69) is 5.32 Å². The molecule has 1 fully saturated rings. The fourth-order valence-corrected chi connectivity index (χ4v) is 5.20. The first-order chi connectivity index (χ1) is 15.8. The predicted octanol–water partition coefficient (Wildman–Crippen LogP) is 0.905. The van der Waals surface area contributed by atoms with Gasteiger partial charge in [-0.25, -0.2) is 8.42 Å². The van der Waals surface area contributed by atoms with Crippen molar-refractivity contribution in [1.29, 1.82) is 0 Å². The lowest BCUT2D eigenvalue weighted by molar-refractivity contribution is -0.123. The van der Waals surface area contributed by atoms with Crippen LogP contribution in [0, 0.1) is 0 Å². The Kier molecular flexibility index (Phi) is 6.70. The van der Waals surface area contributed by atoms with Crippen molar-refractivity contribution in [3.8, 4) is 17.2 Å². The number of primary amides is 1. The summed E-state index contributed by atoms with van der Waals surface area (Å²) in [6.07, 6.45) is 1.23. The Morgan fingerprint density at radius 3 is 2.58 bits per heavy atom. The van der Waals surface area contributed by atoms with Crippen molar-refractivity contribution < 1.29 is 32.2 Å². The van der Waals surface area contributed by atoms with Crippen LogP contribution in [0.25, 0.3) is 0 Å². The van der Waals surface area contributed by atoms with Crippen molar-refractivity contribution in [2.45, 2.75) is 23.8 Å². The van der Waals surface area contributed by atoms with Crippen molar-refractivity contribution in [1.82, 2.24) is 9.62 Å². The summed E-state index contributed by atoms with van der Waals surface area (Å²) in [5, 5.41) is 2.69. The number of sulfonamides is 1. The van der Waals surface area contributed by atoms with Gasteiger partial charge in [0.15, 0.2) is 18.1 Å². The molecule has 33 heavy (non-hydrogen) atoms. The smallest absolute Gasteiger partial charge is 0.258 e. The molecule has 2 amide bonds. The Labute approximate surface area is 191 Å². The zero-order valence-electron chi connectivity index (χ0n) is 17.9. The third kappa shape index (κ3) is 5.20. The van der Waals surface area contributed by atoms with Gasteiger partial charge in [0, 0.05) is 13.1 Å². The molecule has 176 valence electrons. The molecule has 2 aromatic rings. The van der Waals surface area contributed by atoms with Gasteiger partial charge in [-0.2, -0.15) is 4.31 Å². The highest BCUT2D eigenvalue weighted by atomic mass is 32.2. The average Bonchev–Trinajstić information content (AvgIpc) is 3.37. The number of hydrogen-bond acceptors (Lipinski definition) is 7. The molecule has 0 radical (unpaired) electrons. The molecule has 2 aliphatic rings. The zero-order valence-corrected chi connectivity index (χ0v) is 18.7. The number of carbonyl (C=O) groups is 2. The van der Waals surface area contributed by atoms with E-state index in [4.69, 9.17) is 19.9 Å². The maximum atomic E-state index is 12.7. The summed E-state index contributed by atoms with van der Waals surface area (Å²) < 4.78 is 43.7. The largest absolute Gasteiger partial charge is 0.486 e. The quantitative estimate of drug-likeness (QED) is 0.579. The van der Waals surface area contributed by atoms with E-state index < -0.39 is 21.8 Å². The molecule has 0 unspecified atom stereocenters. The van der Waals surface area contributed by atoms with Crippen molar-refractivity contribution in [2.24, 2.45) is 5.73 Å². The van der Waals surface area contributed by atoms with Crippen LogP contribution < -0.4 is 25.3 Å². The fourth-order valence-electron chi connectivity index (χ4n) is 3.65. The Hall–Kier alpha value is -3.31. The van der Waals surface area contributed by atoms with Crippen LogP contribution in [0.5, 0.6) is 17.2 Å². The van der Waals surface area contributed by atoms with E-state index in [9.17, 15) is 18.0 Å². The minimum Gasteiger partial charge on any atom is -0.486 e. The van der Waals surface area contributed by atoms with Crippen molar-refractivity contribution in [2.75, 3.05) is 32.8 Å². The molecule has 3 N–H and O–H groups in total. The summed E-state index contributed by atoms with van der Waals surface area (Å²) in [4.78, 5) is 24.1. The predicted molar refractivity (Wildman–Crippen MR) is 118 cm³/mol. The Bertz CT molecular complexity index is 1150. The van der Waals surface area contributed by atoms with Crippen LogP contribution in [0.15, 0.2) is 47.4 Å². The van der Waals surface area contributed by atoms with Crippen LogP contribution in [-0.2, 0) is 14.8 Å². The third-order valence-electron chi connectivity index (χ3n) is 5.37. The van der Waals surface area contributed by atoms with E-state index in [0.29, 0.717) is 24.6 Å². The topological polar surface area (TPSA) is 137 Å². The number of nitrogens with one attached hydrogen (secondary N) is 1. The first-order valence-corrected chi connectivity index (χ1v) is 12.0. The van der Waals surface area contributed by atoms with Gasteiger partial charge in [-0.05, 0) is 43.2 Å². The van der Waals surface area contributed by atoms with Crippen LogP contribution in [0.2, 0.25) is 0 Å². The first-order valence-electron chi connectivity index (χ1n) is 10.6. The Morgan fingerprint density at radius 1 is 1.12 bits per heavy atom. The molecule has 0 bridgehead atoms. The molecular formula is C22H25N3O7S. The fraction of sp³-hybridized carbons (Fsp3) is 0.364. The van der Waals surface area contributed by atoms with Crippen LogP contribution in [0.4, 0.5) is 0 Å². The highest BCUT2D eigenvalue weighted by Gasteiger charge is 2.28. The zero-order chi connectivity index (χ0) is 23.4. The van der Waals surface area contributed by atoms with E-state index in [1.54, 1.807) is 12.1 Å². The number of fused-ring (bicyclic) bond motifs is 1. The maximum Gasteiger partial charge on any atom is 0.258 e. The summed E-state index contributed by atoms with van der Waals surface area (Å²) >= 11 is 0. The minimum absolute atomic E-state index is 0.0317. The Morgan fingerprint density at radius 2 is 1.85 bits per heavy atom. The van der Waals surface area contributed by atoms with Crippen molar-refractivity contribution >= 4 is 21.8 Å². The lowest BCUT2D eigenvalue weighted by atomic mass is 10.2. The molecule has 11 heteroatoms. The lowest BCUT2D eigenvalue weighted by Gasteiger charge is -2.26. The average molecular weight is 476 g/mol. The standard InChI is InChI=1S/C22H25N3O7S/c23-22(27)17-11-16(33(28,29)25-9-3-4-10-25)7-8-18(17)31-14-21(26)24-12-15-13-30-19-5-1-2-6-20(19)32-15/h1-2,5-8,11,15H,3-4,9-10,12-14H2,(H2,23,27)(H,24,26)/t15-/m1/s1. The molecule has 2 aromatic carbocycles. The molecule has 10 nitrogen and oxygen atoms in total. The molecule has 1 atom stereocenters. The molecule has 0 spiro atoms. The normalized spacial score (nSPS) is 18.0. The van der Waals surface area contributed by atoms with Gasteiger partial charge in [-0.15, -0.1) is 0 Å². The molecular weight excluding hydrogens is 450 g/mol. The van der Waals surface area contributed by atoms with E-state index in [1.807, 2.05) is 12.1 Å². The second-order valence-corrected chi connectivity index (χ2v) is 9.66. The number of para-hydroxylation sites is 2. The molecule has 1 saturated heterocycles. The second-order valence-electron chi connectivity index (χ2n) is 7.72. The van der Waals surface area contributed by atoms with E-state index in [1.165, 1.54) is 22.5 Å². The summed E-state index contributed by atoms with van der Waals surface area (Å²) in [7, 11) is -3.72. The van der Waals surface area contributed by atoms with Crippen LogP contribution in [0.1, 0.15) is 23.2 Å². The Balaban J connectivity index is 1.34. The van der Waals surface area contributed by atoms with Gasteiger partial charge in [-0.1, -0.05) is 12.1 Å². The number of ether oxygens (including phenoxy) is 3. The van der Waals surface area contributed by atoms with Crippen molar-refractivity contribution in [3.05, 3.63) is 48.0 Å². The highest BCUT2D eigenvalue weighted by Crippen LogP contribution is 2.30. The highest BCUT2D eigenvalue weighted by molar-refractivity contribution is 7.89. The van der Waals surface area contributed by atoms with E-state index in [-0.39, 0.29) is 42.1 Å². The van der Waals surface area contributed by atoms with Gasteiger partial charge >= 0.3 is 0 Å². The maximum absolute atomic E-state index is 12.7.